The fourth-order valence-corrected chi connectivity index (χ4v) is 1.27. The Morgan fingerprint density at radius 3 is 2.85 bits per heavy atom. The molecular formula is C11H17NO. The number of aliphatic hydroxyl groups is 1. The van der Waals surface area contributed by atoms with Crippen molar-refractivity contribution in [2.24, 2.45) is 5.92 Å². The van der Waals surface area contributed by atoms with E-state index in [9.17, 15) is 0 Å². The molecule has 0 saturated carbocycles. The minimum atomic E-state index is 0.0985. The third-order valence-corrected chi connectivity index (χ3v) is 2.11. The minimum Gasteiger partial charge on any atom is -0.392 e. The van der Waals surface area contributed by atoms with Gasteiger partial charge < -0.3 is 5.11 Å². The van der Waals surface area contributed by atoms with Crippen molar-refractivity contribution in [3.8, 4) is 0 Å². The fraction of sp³-hybridized carbons (Fsp3) is 0.545. The third-order valence-electron chi connectivity index (χ3n) is 2.11. The predicted octanol–water partition coefficient (Wildman–Crippen LogP) is 2.16. The maximum Gasteiger partial charge on any atom is 0.0699 e. The molecule has 1 heterocycles. The zero-order valence-electron chi connectivity index (χ0n) is 8.33. The Morgan fingerprint density at radius 1 is 1.46 bits per heavy atom. The van der Waals surface area contributed by atoms with Gasteiger partial charge in [-0.1, -0.05) is 19.9 Å². The molecule has 0 spiro atoms. The van der Waals surface area contributed by atoms with Crippen LogP contribution >= 0.6 is 0 Å². The van der Waals surface area contributed by atoms with Crippen LogP contribution in [0.25, 0.3) is 0 Å². The first-order chi connectivity index (χ1) is 6.24. The molecule has 0 aliphatic carbocycles. The van der Waals surface area contributed by atoms with E-state index in [1.165, 1.54) is 0 Å². The summed E-state index contributed by atoms with van der Waals surface area (Å²) in [4.78, 5) is 4.26. The SMILES string of the molecule is CC(C)CCc1ncccc1CO. The molecule has 0 saturated heterocycles. The van der Waals surface area contributed by atoms with Crippen LogP contribution in [0, 0.1) is 5.92 Å². The Hall–Kier alpha value is -0.890. The summed E-state index contributed by atoms with van der Waals surface area (Å²) in [5.41, 5.74) is 2.00. The summed E-state index contributed by atoms with van der Waals surface area (Å²) < 4.78 is 0. The molecule has 0 aliphatic rings. The molecule has 0 fully saturated rings. The molecule has 0 radical (unpaired) electrons. The molecular weight excluding hydrogens is 162 g/mol. The average Bonchev–Trinajstić information content (AvgIpc) is 2.15. The largest absolute Gasteiger partial charge is 0.392 e. The quantitative estimate of drug-likeness (QED) is 0.768. The number of aryl methyl sites for hydroxylation is 1. The van der Waals surface area contributed by atoms with Crippen molar-refractivity contribution in [3.63, 3.8) is 0 Å². The van der Waals surface area contributed by atoms with Gasteiger partial charge in [0.1, 0.15) is 0 Å². The highest BCUT2D eigenvalue weighted by molar-refractivity contribution is 5.18. The van der Waals surface area contributed by atoms with E-state index in [-0.39, 0.29) is 6.61 Å². The van der Waals surface area contributed by atoms with Crippen molar-refractivity contribution < 1.29 is 5.11 Å². The smallest absolute Gasteiger partial charge is 0.0699 e. The minimum absolute atomic E-state index is 0.0985. The van der Waals surface area contributed by atoms with Crippen LogP contribution in [0.1, 0.15) is 31.5 Å². The average molecular weight is 179 g/mol. The number of aliphatic hydroxyl groups excluding tert-OH is 1. The first kappa shape index (κ1) is 10.2. The van der Waals surface area contributed by atoms with Crippen LogP contribution in [0.5, 0.6) is 0 Å². The van der Waals surface area contributed by atoms with Gasteiger partial charge in [0.15, 0.2) is 0 Å². The lowest BCUT2D eigenvalue weighted by molar-refractivity contribution is 0.279. The predicted molar refractivity (Wildman–Crippen MR) is 53.3 cm³/mol. The van der Waals surface area contributed by atoms with E-state index in [0.29, 0.717) is 5.92 Å². The van der Waals surface area contributed by atoms with Crippen LogP contribution in [0.3, 0.4) is 0 Å². The monoisotopic (exact) mass is 179 g/mol. The summed E-state index contributed by atoms with van der Waals surface area (Å²) in [6.45, 7) is 4.49. The third kappa shape index (κ3) is 3.15. The lowest BCUT2D eigenvalue weighted by Crippen LogP contribution is -1.99. The van der Waals surface area contributed by atoms with Gasteiger partial charge in [0.2, 0.25) is 0 Å². The van der Waals surface area contributed by atoms with Gasteiger partial charge in [0, 0.05) is 11.9 Å². The van der Waals surface area contributed by atoms with Crippen LogP contribution in [-0.4, -0.2) is 10.1 Å². The molecule has 1 N–H and O–H groups in total. The number of hydrogen-bond acceptors (Lipinski definition) is 2. The van der Waals surface area contributed by atoms with Crippen molar-refractivity contribution in [2.45, 2.75) is 33.3 Å². The molecule has 1 aromatic heterocycles. The van der Waals surface area contributed by atoms with E-state index < -0.39 is 0 Å². The summed E-state index contributed by atoms with van der Waals surface area (Å²) in [5, 5.41) is 9.04. The Balaban J connectivity index is 2.64. The van der Waals surface area contributed by atoms with E-state index >= 15 is 0 Å². The van der Waals surface area contributed by atoms with Crippen LogP contribution < -0.4 is 0 Å². The molecule has 0 amide bonds. The van der Waals surface area contributed by atoms with Crippen LogP contribution in [-0.2, 0) is 13.0 Å². The second kappa shape index (κ2) is 4.97. The van der Waals surface area contributed by atoms with Gasteiger partial charge in [-0.25, -0.2) is 0 Å². The van der Waals surface area contributed by atoms with Gasteiger partial charge in [-0.05, 0) is 30.4 Å². The molecule has 0 atom stereocenters. The van der Waals surface area contributed by atoms with Gasteiger partial charge in [0.05, 0.1) is 6.61 Å². The van der Waals surface area contributed by atoms with Crippen LogP contribution in [0.2, 0.25) is 0 Å². The topological polar surface area (TPSA) is 33.1 Å². The van der Waals surface area contributed by atoms with E-state index in [0.717, 1.165) is 24.1 Å². The maximum absolute atomic E-state index is 9.04. The highest BCUT2D eigenvalue weighted by Gasteiger charge is 2.02. The molecule has 72 valence electrons. The molecule has 1 rings (SSSR count). The molecule has 0 bridgehead atoms. The maximum atomic E-state index is 9.04. The Labute approximate surface area is 79.6 Å². The fourth-order valence-electron chi connectivity index (χ4n) is 1.27. The van der Waals surface area contributed by atoms with Gasteiger partial charge in [-0.3, -0.25) is 4.98 Å². The van der Waals surface area contributed by atoms with Gasteiger partial charge in [-0.2, -0.15) is 0 Å². The summed E-state index contributed by atoms with van der Waals surface area (Å²) in [6, 6.07) is 3.80. The van der Waals surface area contributed by atoms with Crippen molar-refractivity contribution >= 4 is 0 Å². The molecule has 2 nitrogen and oxygen atoms in total. The van der Waals surface area contributed by atoms with E-state index in [1.807, 2.05) is 12.1 Å². The lowest BCUT2D eigenvalue weighted by atomic mass is 10.0. The number of pyridine rings is 1. The summed E-state index contributed by atoms with van der Waals surface area (Å²) in [6.07, 6.45) is 3.88. The zero-order chi connectivity index (χ0) is 9.68. The van der Waals surface area contributed by atoms with Gasteiger partial charge in [-0.15, -0.1) is 0 Å². The second-order valence-corrected chi connectivity index (χ2v) is 3.70. The van der Waals surface area contributed by atoms with Crippen LogP contribution in [0.15, 0.2) is 18.3 Å². The Morgan fingerprint density at radius 2 is 2.23 bits per heavy atom. The molecule has 0 aromatic carbocycles. The first-order valence-electron chi connectivity index (χ1n) is 4.77. The molecule has 1 aromatic rings. The molecule has 0 aliphatic heterocycles. The number of rotatable bonds is 4. The van der Waals surface area contributed by atoms with Gasteiger partial charge in [0.25, 0.3) is 0 Å². The summed E-state index contributed by atoms with van der Waals surface area (Å²) in [5.74, 6) is 0.688. The Bertz CT molecular complexity index is 258. The number of hydrogen-bond donors (Lipinski definition) is 1. The first-order valence-corrected chi connectivity index (χ1v) is 4.77. The number of nitrogens with zero attached hydrogens (tertiary/aromatic N) is 1. The number of aromatic nitrogens is 1. The van der Waals surface area contributed by atoms with Gasteiger partial charge >= 0.3 is 0 Å². The highest BCUT2D eigenvalue weighted by atomic mass is 16.3. The standard InChI is InChI=1S/C11H17NO/c1-9(2)5-6-11-10(8-13)4-3-7-12-11/h3-4,7,9,13H,5-6,8H2,1-2H3. The molecule has 13 heavy (non-hydrogen) atoms. The zero-order valence-corrected chi connectivity index (χ0v) is 8.33. The summed E-state index contributed by atoms with van der Waals surface area (Å²) in [7, 11) is 0. The van der Waals surface area contributed by atoms with Crippen molar-refractivity contribution in [1.82, 2.24) is 4.98 Å². The normalized spacial score (nSPS) is 10.8. The van der Waals surface area contributed by atoms with Crippen molar-refractivity contribution in [2.75, 3.05) is 0 Å². The summed E-state index contributed by atoms with van der Waals surface area (Å²) >= 11 is 0. The van der Waals surface area contributed by atoms with E-state index in [4.69, 9.17) is 5.11 Å². The van der Waals surface area contributed by atoms with E-state index in [2.05, 4.69) is 18.8 Å². The van der Waals surface area contributed by atoms with Crippen molar-refractivity contribution in [3.05, 3.63) is 29.6 Å². The highest BCUT2D eigenvalue weighted by Crippen LogP contribution is 2.11. The van der Waals surface area contributed by atoms with E-state index in [1.54, 1.807) is 6.20 Å². The molecule has 2 heteroatoms. The second-order valence-electron chi connectivity index (χ2n) is 3.70. The van der Waals surface area contributed by atoms with Crippen LogP contribution in [0.4, 0.5) is 0 Å². The molecule has 0 unspecified atom stereocenters. The Kier molecular flexibility index (Phi) is 3.90. The lowest BCUT2D eigenvalue weighted by Gasteiger charge is -2.07. The van der Waals surface area contributed by atoms with Crippen molar-refractivity contribution in [1.29, 1.82) is 0 Å².